The highest BCUT2D eigenvalue weighted by Crippen LogP contribution is 2.30. The summed E-state index contributed by atoms with van der Waals surface area (Å²) in [6.45, 7) is 5.99. The van der Waals surface area contributed by atoms with Crippen molar-refractivity contribution in [2.24, 2.45) is 5.92 Å². The molecule has 39 heavy (non-hydrogen) atoms. The smallest absolute Gasteiger partial charge is 0.249 e. The SMILES string of the molecule is COc1ccc([C@@H](C(=O)NCCC(C)C)N(C(=O)Cn2nnc3ccccc32)c2ccc(C(C)=O)cc2)cc1. The van der Waals surface area contributed by atoms with Crippen LogP contribution in [-0.2, 0) is 16.1 Å². The Balaban J connectivity index is 1.78. The molecule has 0 bridgehead atoms. The lowest BCUT2D eigenvalue weighted by Gasteiger charge is -2.32. The molecule has 0 fully saturated rings. The first-order chi connectivity index (χ1) is 18.8. The van der Waals surface area contributed by atoms with Crippen LogP contribution in [0, 0.1) is 5.92 Å². The second-order valence-corrected chi connectivity index (χ2v) is 9.75. The van der Waals surface area contributed by atoms with E-state index in [0.717, 1.165) is 6.42 Å². The van der Waals surface area contributed by atoms with Crippen LogP contribution in [0.1, 0.15) is 49.2 Å². The second-order valence-electron chi connectivity index (χ2n) is 9.75. The summed E-state index contributed by atoms with van der Waals surface area (Å²) in [4.78, 5) is 41.2. The van der Waals surface area contributed by atoms with Gasteiger partial charge in [-0.3, -0.25) is 19.3 Å². The second kappa shape index (κ2) is 12.3. The van der Waals surface area contributed by atoms with Gasteiger partial charge in [-0.05, 0) is 73.4 Å². The summed E-state index contributed by atoms with van der Waals surface area (Å²) in [6.07, 6.45) is 0.799. The summed E-state index contributed by atoms with van der Waals surface area (Å²) in [7, 11) is 1.57. The number of para-hydroxylation sites is 1. The minimum absolute atomic E-state index is 0.0911. The molecule has 0 aliphatic rings. The fourth-order valence-electron chi connectivity index (χ4n) is 4.32. The van der Waals surface area contributed by atoms with Gasteiger partial charge in [-0.15, -0.1) is 5.10 Å². The first-order valence-corrected chi connectivity index (χ1v) is 12.9. The van der Waals surface area contributed by atoms with Crippen LogP contribution < -0.4 is 15.0 Å². The van der Waals surface area contributed by atoms with Crippen LogP contribution in [-0.4, -0.2) is 46.2 Å². The van der Waals surface area contributed by atoms with Crippen molar-refractivity contribution in [2.75, 3.05) is 18.6 Å². The monoisotopic (exact) mass is 527 g/mol. The number of methoxy groups -OCH3 is 1. The first-order valence-electron chi connectivity index (χ1n) is 12.9. The highest BCUT2D eigenvalue weighted by molar-refractivity contribution is 6.02. The molecule has 0 saturated heterocycles. The maximum absolute atomic E-state index is 14.1. The number of nitrogens with one attached hydrogen (secondary N) is 1. The van der Waals surface area contributed by atoms with Gasteiger partial charge in [0.15, 0.2) is 5.78 Å². The van der Waals surface area contributed by atoms with Gasteiger partial charge in [-0.2, -0.15) is 0 Å². The van der Waals surface area contributed by atoms with Crippen molar-refractivity contribution in [2.45, 2.75) is 39.8 Å². The zero-order chi connectivity index (χ0) is 27.9. The van der Waals surface area contributed by atoms with E-state index in [0.29, 0.717) is 46.1 Å². The van der Waals surface area contributed by atoms with Crippen LogP contribution in [0.5, 0.6) is 5.75 Å². The van der Waals surface area contributed by atoms with E-state index in [4.69, 9.17) is 4.74 Å². The van der Waals surface area contributed by atoms with E-state index in [1.807, 2.05) is 24.3 Å². The van der Waals surface area contributed by atoms with Gasteiger partial charge in [0.2, 0.25) is 11.8 Å². The van der Waals surface area contributed by atoms with Crippen molar-refractivity contribution in [3.8, 4) is 5.75 Å². The molecule has 1 aromatic heterocycles. The Morgan fingerprint density at radius 1 is 0.974 bits per heavy atom. The number of anilines is 1. The van der Waals surface area contributed by atoms with Crippen LogP contribution in [0.3, 0.4) is 0 Å². The molecule has 202 valence electrons. The number of ketones is 1. The number of rotatable bonds is 11. The number of carbonyl (C=O) groups excluding carboxylic acids is 3. The van der Waals surface area contributed by atoms with Crippen molar-refractivity contribution in [3.05, 3.63) is 83.9 Å². The highest BCUT2D eigenvalue weighted by atomic mass is 16.5. The standard InChI is InChI=1S/C30H33N5O4/c1-20(2)17-18-31-30(38)29(23-11-15-25(39-4)16-12-23)35(24-13-9-22(10-14-24)21(3)36)28(37)19-34-27-8-6-5-7-26(27)32-33-34/h5-16,20,29H,17-19H2,1-4H3,(H,31,38)/t29-/m0/s1. The van der Waals surface area contributed by atoms with Crippen LogP contribution >= 0.6 is 0 Å². The van der Waals surface area contributed by atoms with Gasteiger partial charge in [0.1, 0.15) is 23.9 Å². The van der Waals surface area contributed by atoms with E-state index < -0.39 is 6.04 Å². The Hall–Kier alpha value is -4.53. The molecule has 1 heterocycles. The average Bonchev–Trinajstić information content (AvgIpc) is 3.34. The van der Waals surface area contributed by atoms with E-state index in [2.05, 4.69) is 29.5 Å². The zero-order valence-electron chi connectivity index (χ0n) is 22.6. The minimum Gasteiger partial charge on any atom is -0.497 e. The maximum atomic E-state index is 14.1. The van der Waals surface area contributed by atoms with E-state index in [1.54, 1.807) is 55.6 Å². The number of hydrogen-bond donors (Lipinski definition) is 1. The number of ether oxygens (including phenoxy) is 1. The van der Waals surface area contributed by atoms with E-state index in [-0.39, 0.29) is 24.1 Å². The Morgan fingerprint density at radius 2 is 1.67 bits per heavy atom. The van der Waals surface area contributed by atoms with Crippen molar-refractivity contribution in [3.63, 3.8) is 0 Å². The number of amides is 2. The molecular formula is C30H33N5O4. The van der Waals surface area contributed by atoms with E-state index >= 15 is 0 Å². The number of Topliss-reactive ketones (excluding diaryl/α,β-unsaturated/α-hetero) is 1. The van der Waals surface area contributed by atoms with Crippen LogP contribution in [0.4, 0.5) is 5.69 Å². The molecule has 2 amide bonds. The van der Waals surface area contributed by atoms with Crippen LogP contribution in [0.2, 0.25) is 0 Å². The summed E-state index contributed by atoms with van der Waals surface area (Å²) in [5.41, 5.74) is 2.98. The van der Waals surface area contributed by atoms with Gasteiger partial charge in [0.05, 0.1) is 12.6 Å². The van der Waals surface area contributed by atoms with E-state index in [9.17, 15) is 14.4 Å². The molecule has 9 nitrogen and oxygen atoms in total. The van der Waals surface area contributed by atoms with Gasteiger partial charge in [-0.1, -0.05) is 43.3 Å². The molecule has 1 atom stereocenters. The maximum Gasteiger partial charge on any atom is 0.249 e. The fraction of sp³-hybridized carbons (Fsp3) is 0.300. The first kappa shape index (κ1) is 27.5. The van der Waals surface area contributed by atoms with E-state index in [1.165, 1.54) is 16.5 Å². The Morgan fingerprint density at radius 3 is 2.31 bits per heavy atom. The van der Waals surface area contributed by atoms with Gasteiger partial charge >= 0.3 is 0 Å². The Labute approximate surface area is 227 Å². The van der Waals surface area contributed by atoms with Crippen LogP contribution in [0.15, 0.2) is 72.8 Å². The highest BCUT2D eigenvalue weighted by Gasteiger charge is 2.33. The third kappa shape index (κ3) is 6.49. The molecule has 0 radical (unpaired) electrons. The molecule has 0 spiro atoms. The molecule has 4 aromatic rings. The number of nitrogens with zero attached hydrogens (tertiary/aromatic N) is 4. The molecule has 3 aromatic carbocycles. The zero-order valence-corrected chi connectivity index (χ0v) is 22.6. The largest absolute Gasteiger partial charge is 0.497 e. The summed E-state index contributed by atoms with van der Waals surface area (Å²) >= 11 is 0. The predicted octanol–water partition coefficient (Wildman–Crippen LogP) is 4.58. The molecule has 9 heteroatoms. The minimum atomic E-state index is -0.978. The third-order valence-corrected chi connectivity index (χ3v) is 6.48. The summed E-state index contributed by atoms with van der Waals surface area (Å²) < 4.78 is 6.83. The molecule has 1 N–H and O–H groups in total. The summed E-state index contributed by atoms with van der Waals surface area (Å²) in [5, 5.41) is 11.3. The number of aromatic nitrogens is 3. The van der Waals surface area contributed by atoms with Crippen molar-refractivity contribution in [1.29, 1.82) is 0 Å². The number of hydrogen-bond acceptors (Lipinski definition) is 6. The lowest BCUT2D eigenvalue weighted by atomic mass is 10.0. The van der Waals surface area contributed by atoms with Crippen molar-refractivity contribution >= 4 is 34.3 Å². The quantitative estimate of drug-likeness (QED) is 0.286. The number of benzene rings is 3. The van der Waals surface area contributed by atoms with Gasteiger partial charge in [0.25, 0.3) is 0 Å². The summed E-state index contributed by atoms with van der Waals surface area (Å²) in [6, 6.07) is 20.2. The molecule has 0 aliphatic heterocycles. The number of carbonyl (C=O) groups is 3. The average molecular weight is 528 g/mol. The molecule has 0 saturated carbocycles. The summed E-state index contributed by atoms with van der Waals surface area (Å²) in [5.74, 6) is 0.277. The Bertz CT molecular complexity index is 1440. The lowest BCUT2D eigenvalue weighted by molar-refractivity contribution is -0.127. The molecule has 4 rings (SSSR count). The molecule has 0 aliphatic carbocycles. The molecule has 0 unspecified atom stereocenters. The third-order valence-electron chi connectivity index (χ3n) is 6.48. The topological polar surface area (TPSA) is 106 Å². The van der Waals surface area contributed by atoms with Gasteiger partial charge in [0, 0.05) is 17.8 Å². The van der Waals surface area contributed by atoms with Gasteiger partial charge in [-0.25, -0.2) is 4.68 Å². The van der Waals surface area contributed by atoms with Crippen molar-refractivity contribution < 1.29 is 19.1 Å². The number of fused-ring (bicyclic) bond motifs is 1. The van der Waals surface area contributed by atoms with Crippen LogP contribution in [0.25, 0.3) is 11.0 Å². The predicted molar refractivity (Wildman–Crippen MR) is 150 cm³/mol. The lowest BCUT2D eigenvalue weighted by Crippen LogP contribution is -2.45. The molecular weight excluding hydrogens is 494 g/mol. The fourth-order valence-corrected chi connectivity index (χ4v) is 4.32. The van der Waals surface area contributed by atoms with Crippen molar-refractivity contribution in [1.82, 2.24) is 20.3 Å². The van der Waals surface area contributed by atoms with Gasteiger partial charge < -0.3 is 10.1 Å². The normalized spacial score (nSPS) is 11.8. The Kier molecular flexibility index (Phi) is 8.70.